The van der Waals surface area contributed by atoms with E-state index in [1.807, 2.05) is 13.8 Å². The van der Waals surface area contributed by atoms with Gasteiger partial charge in [-0.15, -0.1) is 0 Å². The predicted octanol–water partition coefficient (Wildman–Crippen LogP) is 4.29. The first-order valence-corrected chi connectivity index (χ1v) is 7.44. The summed E-state index contributed by atoms with van der Waals surface area (Å²) in [5, 5.41) is 14.2. The topological polar surface area (TPSA) is 57.0 Å². The van der Waals surface area contributed by atoms with Crippen LogP contribution in [0, 0.1) is 5.41 Å². The van der Waals surface area contributed by atoms with Crippen molar-refractivity contribution in [3.63, 3.8) is 0 Å². The number of nitrogens with zero attached hydrogens (tertiary/aromatic N) is 2. The van der Waals surface area contributed by atoms with Crippen molar-refractivity contribution in [1.82, 2.24) is 0 Å². The van der Waals surface area contributed by atoms with E-state index in [1.54, 1.807) is 6.07 Å². The highest BCUT2D eigenvalue weighted by molar-refractivity contribution is 7.58. The smallest absolute Gasteiger partial charge is 0.130 e. The van der Waals surface area contributed by atoms with Crippen molar-refractivity contribution in [3.8, 4) is 0 Å². The fourth-order valence-electron chi connectivity index (χ4n) is 2.33. The van der Waals surface area contributed by atoms with Crippen LogP contribution in [0.1, 0.15) is 20.3 Å². The lowest BCUT2D eigenvalue weighted by atomic mass is 9.64. The largest absolute Gasteiger partial charge is 0.392 e. The summed E-state index contributed by atoms with van der Waals surface area (Å²) < 4.78 is 8.43. The van der Waals surface area contributed by atoms with E-state index in [-0.39, 0.29) is 17.6 Å². The highest BCUT2D eigenvalue weighted by Crippen LogP contribution is 2.50. The Morgan fingerprint density at radius 2 is 2.00 bits per heavy atom. The Hall–Kier alpha value is -0.620. The molecule has 1 aromatic carbocycles. The van der Waals surface area contributed by atoms with E-state index >= 15 is 0 Å². The molecule has 0 aromatic heterocycles. The fraction of sp³-hybridized carbons (Fsp3) is 0.500. The van der Waals surface area contributed by atoms with Crippen LogP contribution in [0.4, 0.5) is 17.1 Å². The minimum Gasteiger partial charge on any atom is -0.392 e. The van der Waals surface area contributed by atoms with Gasteiger partial charge in [0.15, 0.2) is 0 Å². The molecule has 2 atom stereocenters. The first-order valence-electron chi connectivity index (χ1n) is 5.96. The molecule has 1 saturated carbocycles. The zero-order chi connectivity index (χ0) is 13.8. The fourth-order valence-corrected chi connectivity index (χ4v) is 3.50. The van der Waals surface area contributed by atoms with E-state index in [2.05, 4.69) is 14.0 Å². The molecule has 7 heteroatoms. The van der Waals surface area contributed by atoms with Gasteiger partial charge in [-0.05, 0) is 12.5 Å². The van der Waals surface area contributed by atoms with Gasteiger partial charge in [0.2, 0.25) is 0 Å². The number of aliphatic hydroxyl groups is 1. The third kappa shape index (κ3) is 2.00. The molecule has 0 saturated heterocycles. The molecule has 1 aliphatic carbocycles. The van der Waals surface area contributed by atoms with Crippen LogP contribution in [0.25, 0.3) is 0 Å². The molecule has 0 bridgehead atoms. The van der Waals surface area contributed by atoms with Crippen LogP contribution in [0.2, 0.25) is 10.0 Å². The van der Waals surface area contributed by atoms with Crippen molar-refractivity contribution in [2.45, 2.75) is 32.4 Å². The van der Waals surface area contributed by atoms with E-state index in [9.17, 15) is 5.11 Å². The molecule has 102 valence electrons. The van der Waals surface area contributed by atoms with Crippen molar-refractivity contribution in [1.29, 1.82) is 0 Å². The average Bonchev–Trinajstić information content (AvgIpc) is 2.82. The molecule has 19 heavy (non-hydrogen) atoms. The van der Waals surface area contributed by atoms with Gasteiger partial charge in [-0.2, -0.15) is 8.73 Å². The summed E-state index contributed by atoms with van der Waals surface area (Å²) in [4.78, 5) is 0. The highest BCUT2D eigenvalue weighted by atomic mass is 35.5. The summed E-state index contributed by atoms with van der Waals surface area (Å²) in [6.45, 7) is 4.05. The second-order valence-corrected chi connectivity index (χ2v) is 6.79. The van der Waals surface area contributed by atoms with Crippen LogP contribution in [0.3, 0.4) is 0 Å². The van der Waals surface area contributed by atoms with Gasteiger partial charge in [-0.1, -0.05) is 37.0 Å². The molecule has 2 N–H and O–H groups in total. The maximum absolute atomic E-state index is 9.79. The van der Waals surface area contributed by atoms with Crippen LogP contribution in [0.15, 0.2) is 14.8 Å². The maximum atomic E-state index is 9.79. The molecular weight excluding hydrogens is 305 g/mol. The van der Waals surface area contributed by atoms with Gasteiger partial charge in [0.1, 0.15) is 11.4 Å². The van der Waals surface area contributed by atoms with E-state index in [0.29, 0.717) is 27.8 Å². The van der Waals surface area contributed by atoms with Crippen molar-refractivity contribution in [3.05, 3.63) is 16.1 Å². The second-order valence-electron chi connectivity index (χ2n) is 5.45. The highest BCUT2D eigenvalue weighted by Gasteiger charge is 2.47. The van der Waals surface area contributed by atoms with E-state index in [4.69, 9.17) is 23.2 Å². The third-order valence-corrected chi connectivity index (χ3v) is 5.09. The van der Waals surface area contributed by atoms with Gasteiger partial charge >= 0.3 is 0 Å². The molecule has 4 nitrogen and oxygen atoms in total. The standard InChI is InChI=1S/C12H13Cl2N3OS/c1-12(2)7(4-8(12)18)15-9-5(13)3-6(14)10-11(9)17-19-16-10/h3,7-8,15,18H,4H2,1-2H3. The minimum atomic E-state index is -0.292. The normalized spacial score (nSPS) is 26.6. The number of nitrogens with one attached hydrogen (secondary N) is 1. The molecule has 0 radical (unpaired) electrons. The molecule has 1 aromatic rings. The molecule has 3 rings (SSSR count). The summed E-state index contributed by atoms with van der Waals surface area (Å²) in [6.07, 6.45) is 0.408. The molecule has 1 aliphatic heterocycles. The van der Waals surface area contributed by atoms with Crippen molar-refractivity contribution < 1.29 is 5.11 Å². The first kappa shape index (κ1) is 13.4. The zero-order valence-corrected chi connectivity index (χ0v) is 12.8. The molecule has 1 fully saturated rings. The Balaban J connectivity index is 1.95. The monoisotopic (exact) mass is 317 g/mol. The Bertz CT molecular complexity index is 626. The van der Waals surface area contributed by atoms with Gasteiger partial charge in [0, 0.05) is 11.5 Å². The number of halogens is 2. The molecule has 2 unspecified atom stereocenters. The Labute approximate surface area is 125 Å². The molecule has 1 heterocycles. The lowest BCUT2D eigenvalue weighted by Gasteiger charge is -2.50. The first-order chi connectivity index (χ1) is 8.91. The molecule has 2 aliphatic rings. The lowest BCUT2D eigenvalue weighted by Crippen LogP contribution is -2.56. The zero-order valence-electron chi connectivity index (χ0n) is 10.4. The Kier molecular flexibility index (Phi) is 3.13. The van der Waals surface area contributed by atoms with Gasteiger partial charge in [-0.25, -0.2) is 0 Å². The maximum Gasteiger partial charge on any atom is 0.130 e. The van der Waals surface area contributed by atoms with Gasteiger partial charge in [0.25, 0.3) is 0 Å². The number of aliphatic hydroxyl groups excluding tert-OH is 1. The lowest BCUT2D eigenvalue weighted by molar-refractivity contribution is -0.0510. The number of hydrogen-bond acceptors (Lipinski definition) is 4. The summed E-state index contributed by atoms with van der Waals surface area (Å²) >= 11 is 13.4. The van der Waals surface area contributed by atoms with E-state index in [0.717, 1.165) is 17.0 Å². The average molecular weight is 318 g/mol. The number of fused-ring (bicyclic) bond motifs is 1. The van der Waals surface area contributed by atoms with Crippen molar-refractivity contribution in [2.75, 3.05) is 5.32 Å². The van der Waals surface area contributed by atoms with Crippen molar-refractivity contribution in [2.24, 2.45) is 14.1 Å². The van der Waals surface area contributed by atoms with Crippen LogP contribution < -0.4 is 5.32 Å². The quantitative estimate of drug-likeness (QED) is 0.868. The summed E-state index contributed by atoms with van der Waals surface area (Å²) in [5.41, 5.74) is 1.93. The number of hydrogen-bond donors (Lipinski definition) is 2. The number of benzene rings is 1. The summed E-state index contributed by atoms with van der Waals surface area (Å²) in [7, 11) is 0. The van der Waals surface area contributed by atoms with Gasteiger partial charge in [0.05, 0.1) is 33.2 Å². The summed E-state index contributed by atoms with van der Waals surface area (Å²) in [6, 6.07) is 1.84. The Morgan fingerprint density at radius 3 is 2.63 bits per heavy atom. The SMILES string of the molecule is CC1(C)C(O)CC1Nc1c(Cl)cc(Cl)c2c1N=S=N2. The number of anilines is 1. The third-order valence-electron chi connectivity index (χ3n) is 3.98. The van der Waals surface area contributed by atoms with Gasteiger partial charge in [-0.3, -0.25) is 0 Å². The van der Waals surface area contributed by atoms with Crippen LogP contribution in [-0.2, 0) is 11.4 Å². The van der Waals surface area contributed by atoms with Crippen LogP contribution in [-0.4, -0.2) is 17.3 Å². The predicted molar refractivity (Wildman–Crippen MR) is 79.8 cm³/mol. The van der Waals surface area contributed by atoms with Crippen LogP contribution >= 0.6 is 23.2 Å². The number of rotatable bonds is 2. The minimum absolute atomic E-state index is 0.158. The van der Waals surface area contributed by atoms with Crippen molar-refractivity contribution >= 4 is 51.6 Å². The van der Waals surface area contributed by atoms with E-state index < -0.39 is 0 Å². The van der Waals surface area contributed by atoms with E-state index in [1.165, 1.54) is 0 Å². The summed E-state index contributed by atoms with van der Waals surface area (Å²) in [5.74, 6) is 0. The molecular formula is C12H13Cl2N3OS. The molecule has 0 spiro atoms. The van der Waals surface area contributed by atoms with Gasteiger partial charge < -0.3 is 10.4 Å². The second kappa shape index (κ2) is 4.45. The molecule has 0 amide bonds. The Morgan fingerprint density at radius 1 is 1.32 bits per heavy atom. The van der Waals surface area contributed by atoms with Crippen LogP contribution in [0.5, 0.6) is 0 Å².